The zero-order valence-electron chi connectivity index (χ0n) is 16.8. The summed E-state index contributed by atoms with van der Waals surface area (Å²) in [5.41, 5.74) is 1.46. The molecule has 1 aromatic rings. The third kappa shape index (κ3) is 8.29. The molecule has 142 valence electrons. The molecule has 0 amide bonds. The van der Waals surface area contributed by atoms with E-state index in [2.05, 4.69) is 38.1 Å². The molecule has 1 saturated carbocycles. The number of hydrogen-bond acceptors (Lipinski definition) is 1. The first-order valence-corrected chi connectivity index (χ1v) is 11.0. The van der Waals surface area contributed by atoms with Crippen LogP contribution in [0.1, 0.15) is 96.5 Å². The summed E-state index contributed by atoms with van der Waals surface area (Å²) in [6.45, 7) is 5.28. The van der Waals surface area contributed by atoms with Gasteiger partial charge < -0.3 is 4.74 Å². The molecule has 0 atom stereocenters. The number of hydrogen-bond donors (Lipinski definition) is 0. The van der Waals surface area contributed by atoms with Crippen LogP contribution >= 0.6 is 0 Å². The molecule has 0 aliphatic heterocycles. The molecule has 1 nitrogen and oxygen atoms in total. The maximum atomic E-state index is 5.65. The average molecular weight is 345 g/mol. The van der Waals surface area contributed by atoms with Gasteiger partial charge in [-0.1, -0.05) is 90.2 Å². The van der Waals surface area contributed by atoms with Gasteiger partial charge in [-0.05, 0) is 48.8 Å². The highest BCUT2D eigenvalue weighted by molar-refractivity contribution is 5.27. The summed E-state index contributed by atoms with van der Waals surface area (Å²) in [6, 6.07) is 8.74. The van der Waals surface area contributed by atoms with Crippen molar-refractivity contribution in [1.82, 2.24) is 0 Å². The van der Waals surface area contributed by atoms with E-state index in [9.17, 15) is 0 Å². The van der Waals surface area contributed by atoms with E-state index in [1.807, 2.05) is 0 Å². The normalized spacial score (nSPS) is 20.6. The van der Waals surface area contributed by atoms with Crippen LogP contribution in [0.5, 0.6) is 5.75 Å². The smallest absolute Gasteiger partial charge is 0.119 e. The van der Waals surface area contributed by atoms with Crippen LogP contribution < -0.4 is 4.74 Å². The van der Waals surface area contributed by atoms with Gasteiger partial charge in [0.15, 0.2) is 0 Å². The van der Waals surface area contributed by atoms with Crippen LogP contribution in [0.3, 0.4) is 0 Å². The standard InChI is InChI=1S/C24H40O/c1-3-5-6-9-21-12-14-22(15-13-21)10-7-8-11-23-16-18-24(19-17-23)25-20-4-2/h16-19,21-22H,3-15,20H2,1-2H3/t21-,22-. The van der Waals surface area contributed by atoms with Gasteiger partial charge in [-0.25, -0.2) is 0 Å². The van der Waals surface area contributed by atoms with Gasteiger partial charge >= 0.3 is 0 Å². The Bertz CT molecular complexity index is 428. The van der Waals surface area contributed by atoms with E-state index in [4.69, 9.17) is 4.74 Å². The van der Waals surface area contributed by atoms with E-state index in [0.29, 0.717) is 0 Å². The molecule has 0 saturated heterocycles. The maximum absolute atomic E-state index is 5.65. The Morgan fingerprint density at radius 3 is 1.92 bits per heavy atom. The Kier molecular flexibility index (Phi) is 10.1. The molecule has 25 heavy (non-hydrogen) atoms. The van der Waals surface area contributed by atoms with Crippen molar-refractivity contribution in [2.75, 3.05) is 6.61 Å². The minimum Gasteiger partial charge on any atom is -0.494 e. The lowest BCUT2D eigenvalue weighted by molar-refractivity contribution is 0.245. The molecule has 1 heteroatoms. The molecular weight excluding hydrogens is 304 g/mol. The zero-order valence-corrected chi connectivity index (χ0v) is 16.8. The molecule has 1 aromatic carbocycles. The summed E-state index contributed by atoms with van der Waals surface area (Å²) in [6.07, 6.45) is 18.3. The molecule has 0 N–H and O–H groups in total. The average Bonchev–Trinajstić information content (AvgIpc) is 2.66. The Morgan fingerprint density at radius 1 is 0.760 bits per heavy atom. The molecule has 0 spiro atoms. The first-order valence-electron chi connectivity index (χ1n) is 11.0. The van der Waals surface area contributed by atoms with Gasteiger partial charge in [-0.3, -0.25) is 0 Å². The van der Waals surface area contributed by atoms with E-state index < -0.39 is 0 Å². The van der Waals surface area contributed by atoms with Crippen molar-refractivity contribution in [3.63, 3.8) is 0 Å². The predicted octanol–water partition coefficient (Wildman–Crippen LogP) is 7.57. The van der Waals surface area contributed by atoms with Crippen molar-refractivity contribution in [2.24, 2.45) is 11.8 Å². The fraction of sp³-hybridized carbons (Fsp3) is 0.750. The largest absolute Gasteiger partial charge is 0.494 e. The van der Waals surface area contributed by atoms with Gasteiger partial charge in [0.2, 0.25) is 0 Å². The molecule has 1 aliphatic carbocycles. The number of unbranched alkanes of at least 4 members (excludes halogenated alkanes) is 3. The Balaban J connectivity index is 1.53. The first-order chi connectivity index (χ1) is 12.3. The number of benzene rings is 1. The monoisotopic (exact) mass is 344 g/mol. The van der Waals surface area contributed by atoms with Gasteiger partial charge in [0.05, 0.1) is 6.61 Å². The summed E-state index contributed by atoms with van der Waals surface area (Å²) in [7, 11) is 0. The van der Waals surface area contributed by atoms with Crippen LogP contribution in [0.15, 0.2) is 24.3 Å². The lowest BCUT2D eigenvalue weighted by atomic mass is 9.78. The topological polar surface area (TPSA) is 9.23 Å². The molecule has 0 radical (unpaired) electrons. The molecule has 0 heterocycles. The van der Waals surface area contributed by atoms with E-state index in [1.165, 1.54) is 82.6 Å². The van der Waals surface area contributed by atoms with Crippen molar-refractivity contribution in [3.8, 4) is 5.75 Å². The van der Waals surface area contributed by atoms with Crippen LogP contribution in [0.2, 0.25) is 0 Å². The fourth-order valence-corrected chi connectivity index (χ4v) is 4.23. The van der Waals surface area contributed by atoms with Crippen molar-refractivity contribution in [1.29, 1.82) is 0 Å². The maximum Gasteiger partial charge on any atom is 0.119 e. The number of aryl methyl sites for hydroxylation is 1. The second kappa shape index (κ2) is 12.4. The summed E-state index contributed by atoms with van der Waals surface area (Å²) < 4.78 is 5.65. The fourth-order valence-electron chi connectivity index (χ4n) is 4.23. The minimum absolute atomic E-state index is 0.820. The van der Waals surface area contributed by atoms with Gasteiger partial charge in [-0.15, -0.1) is 0 Å². The lowest BCUT2D eigenvalue weighted by Gasteiger charge is -2.28. The molecule has 0 unspecified atom stereocenters. The van der Waals surface area contributed by atoms with E-state index >= 15 is 0 Å². The first kappa shape index (κ1) is 20.3. The van der Waals surface area contributed by atoms with E-state index in [-0.39, 0.29) is 0 Å². The van der Waals surface area contributed by atoms with Crippen molar-refractivity contribution in [3.05, 3.63) is 29.8 Å². The van der Waals surface area contributed by atoms with Crippen molar-refractivity contribution < 1.29 is 4.74 Å². The molecule has 1 aliphatic rings. The second-order valence-electron chi connectivity index (χ2n) is 8.12. The van der Waals surface area contributed by atoms with Gasteiger partial charge in [0.1, 0.15) is 5.75 Å². The van der Waals surface area contributed by atoms with Crippen molar-refractivity contribution in [2.45, 2.75) is 97.3 Å². The molecule has 2 rings (SSSR count). The summed E-state index contributed by atoms with van der Waals surface area (Å²) in [5, 5.41) is 0. The predicted molar refractivity (Wildman–Crippen MR) is 109 cm³/mol. The summed E-state index contributed by atoms with van der Waals surface area (Å²) in [5.74, 6) is 3.09. The van der Waals surface area contributed by atoms with E-state index in [0.717, 1.165) is 30.6 Å². The SMILES string of the molecule is CCCCC[C@H]1CC[C@H](CCCCc2ccc(OCCC)cc2)CC1. The number of rotatable bonds is 12. The lowest BCUT2D eigenvalue weighted by Crippen LogP contribution is -2.14. The molecule has 1 fully saturated rings. The summed E-state index contributed by atoms with van der Waals surface area (Å²) in [4.78, 5) is 0. The van der Waals surface area contributed by atoms with Crippen LogP contribution in [-0.2, 0) is 6.42 Å². The second-order valence-corrected chi connectivity index (χ2v) is 8.12. The van der Waals surface area contributed by atoms with Crippen LogP contribution in [-0.4, -0.2) is 6.61 Å². The zero-order chi connectivity index (χ0) is 17.7. The molecular formula is C24H40O. The highest BCUT2D eigenvalue weighted by Gasteiger charge is 2.20. The highest BCUT2D eigenvalue weighted by Crippen LogP contribution is 2.34. The van der Waals surface area contributed by atoms with Crippen LogP contribution in [0.25, 0.3) is 0 Å². The van der Waals surface area contributed by atoms with Crippen LogP contribution in [0.4, 0.5) is 0 Å². The number of ether oxygens (including phenoxy) is 1. The summed E-state index contributed by atoms with van der Waals surface area (Å²) >= 11 is 0. The van der Waals surface area contributed by atoms with E-state index in [1.54, 1.807) is 0 Å². The van der Waals surface area contributed by atoms with Gasteiger partial charge in [-0.2, -0.15) is 0 Å². The van der Waals surface area contributed by atoms with Crippen molar-refractivity contribution >= 4 is 0 Å². The minimum atomic E-state index is 0.820. The third-order valence-corrected chi connectivity index (χ3v) is 5.91. The van der Waals surface area contributed by atoms with Gasteiger partial charge in [0.25, 0.3) is 0 Å². The Morgan fingerprint density at radius 2 is 1.36 bits per heavy atom. The Labute approximate surface area is 156 Å². The highest BCUT2D eigenvalue weighted by atomic mass is 16.5. The Hall–Kier alpha value is -0.980. The third-order valence-electron chi connectivity index (χ3n) is 5.91. The quantitative estimate of drug-likeness (QED) is 0.355. The molecule has 0 aromatic heterocycles. The van der Waals surface area contributed by atoms with Gasteiger partial charge in [0, 0.05) is 0 Å². The van der Waals surface area contributed by atoms with Crippen LogP contribution in [0, 0.1) is 11.8 Å². The molecule has 0 bridgehead atoms.